The van der Waals surface area contributed by atoms with Crippen LogP contribution in [0.25, 0.3) is 0 Å². The molecule has 1 heterocycles. The fourth-order valence-electron chi connectivity index (χ4n) is 3.22. The van der Waals surface area contributed by atoms with Crippen molar-refractivity contribution in [1.29, 1.82) is 0 Å². The van der Waals surface area contributed by atoms with E-state index in [0.29, 0.717) is 36.8 Å². The Morgan fingerprint density at radius 2 is 1.62 bits per heavy atom. The topological polar surface area (TPSA) is 90.9 Å². The van der Waals surface area contributed by atoms with E-state index in [2.05, 4.69) is 5.32 Å². The van der Waals surface area contributed by atoms with Crippen molar-refractivity contribution in [1.82, 2.24) is 5.32 Å². The van der Waals surface area contributed by atoms with Gasteiger partial charge in [0.05, 0.1) is 25.3 Å². The van der Waals surface area contributed by atoms with E-state index in [1.165, 1.54) is 24.3 Å². The second-order valence-corrected chi connectivity index (χ2v) is 8.28. The lowest BCUT2D eigenvalue weighted by Crippen LogP contribution is -2.35. The Kier molecular flexibility index (Phi) is 8.81. The molecule has 1 N–H and O–H groups in total. The molecular weight excluding hydrogens is 454 g/mol. The largest absolute Gasteiger partial charge is 0.490 e. The number of esters is 1. The van der Waals surface area contributed by atoms with Gasteiger partial charge in [0, 0.05) is 16.0 Å². The highest BCUT2D eigenvalue weighted by Gasteiger charge is 2.24. The quantitative estimate of drug-likeness (QED) is 0.317. The molecule has 3 aromatic rings. The predicted molar refractivity (Wildman–Crippen MR) is 130 cm³/mol. The van der Waals surface area contributed by atoms with E-state index in [1.807, 2.05) is 31.4 Å². The van der Waals surface area contributed by atoms with Gasteiger partial charge >= 0.3 is 5.97 Å². The van der Waals surface area contributed by atoms with Crippen LogP contribution >= 0.6 is 11.3 Å². The van der Waals surface area contributed by atoms with Crippen LogP contribution in [0.1, 0.15) is 51.9 Å². The van der Waals surface area contributed by atoms with E-state index in [9.17, 15) is 14.4 Å². The Morgan fingerprint density at radius 3 is 2.29 bits per heavy atom. The molecule has 0 fully saturated rings. The van der Waals surface area contributed by atoms with Gasteiger partial charge in [0.2, 0.25) is 0 Å². The van der Waals surface area contributed by atoms with Crippen molar-refractivity contribution in [3.8, 4) is 11.5 Å². The first-order valence-corrected chi connectivity index (χ1v) is 11.9. The molecular formula is C26H27NO6S. The summed E-state index contributed by atoms with van der Waals surface area (Å²) in [7, 11) is 0. The van der Waals surface area contributed by atoms with Crippen molar-refractivity contribution >= 4 is 29.0 Å². The second kappa shape index (κ2) is 12.0. The molecule has 7 nitrogen and oxygen atoms in total. The minimum absolute atomic E-state index is 0.0808. The monoisotopic (exact) mass is 481 g/mol. The van der Waals surface area contributed by atoms with E-state index < -0.39 is 18.0 Å². The maximum atomic E-state index is 13.3. The summed E-state index contributed by atoms with van der Waals surface area (Å²) in [6.45, 7) is 6.42. The maximum Gasteiger partial charge on any atom is 0.339 e. The van der Waals surface area contributed by atoms with Gasteiger partial charge in [-0.05, 0) is 56.5 Å². The highest BCUT2D eigenvalue weighted by atomic mass is 32.1. The minimum atomic E-state index is -1.02. The van der Waals surface area contributed by atoms with Crippen LogP contribution in [0, 0.1) is 0 Å². The fourth-order valence-corrected chi connectivity index (χ4v) is 3.86. The molecule has 0 saturated carbocycles. The summed E-state index contributed by atoms with van der Waals surface area (Å²) in [6.07, 6.45) is -1.02. The summed E-state index contributed by atoms with van der Waals surface area (Å²) in [5, 5.41) is 4.66. The summed E-state index contributed by atoms with van der Waals surface area (Å²) in [4.78, 5) is 39.5. The smallest absolute Gasteiger partial charge is 0.339 e. The molecule has 0 aliphatic heterocycles. The van der Waals surface area contributed by atoms with E-state index in [4.69, 9.17) is 14.2 Å². The van der Waals surface area contributed by atoms with Gasteiger partial charge in [0.25, 0.3) is 5.91 Å². The summed E-state index contributed by atoms with van der Waals surface area (Å²) in [5.41, 5.74) is 0.594. The number of ether oxygens (including phenoxy) is 3. The number of benzene rings is 2. The molecule has 1 unspecified atom stereocenters. The first-order valence-electron chi connectivity index (χ1n) is 11.0. The summed E-state index contributed by atoms with van der Waals surface area (Å²) >= 11 is 1.52. The van der Waals surface area contributed by atoms with Crippen LogP contribution in [0.2, 0.25) is 0 Å². The van der Waals surface area contributed by atoms with E-state index in [0.717, 1.165) is 4.88 Å². The van der Waals surface area contributed by atoms with Crippen LogP contribution in [0.15, 0.2) is 60.0 Å². The summed E-state index contributed by atoms with van der Waals surface area (Å²) in [6, 6.07) is 15.0. The summed E-state index contributed by atoms with van der Waals surface area (Å²) < 4.78 is 16.5. The van der Waals surface area contributed by atoms with Crippen molar-refractivity contribution in [2.75, 3.05) is 13.2 Å². The molecule has 0 spiro atoms. The highest BCUT2D eigenvalue weighted by Crippen LogP contribution is 2.30. The van der Waals surface area contributed by atoms with Crippen LogP contribution < -0.4 is 14.8 Å². The average Bonchev–Trinajstić information content (AvgIpc) is 3.37. The minimum Gasteiger partial charge on any atom is -0.490 e. The van der Waals surface area contributed by atoms with Gasteiger partial charge in [-0.3, -0.25) is 9.59 Å². The molecule has 0 saturated heterocycles. The number of nitrogens with one attached hydrogen (secondary N) is 1. The van der Waals surface area contributed by atoms with Crippen molar-refractivity contribution in [2.45, 2.75) is 33.4 Å². The number of rotatable bonds is 11. The number of amides is 1. The standard InChI is InChI=1S/C26H27NO6S/c1-4-31-22-13-12-18(15-23(22)32-5-2)24(28)20-10-6-7-11-21(20)26(30)33-17(3)25(29)27-16-19-9-8-14-34-19/h6-15,17H,4-5,16H2,1-3H3,(H,27,29). The number of carbonyl (C=O) groups excluding carboxylic acids is 3. The third kappa shape index (κ3) is 6.23. The Hall–Kier alpha value is -3.65. The zero-order valence-electron chi connectivity index (χ0n) is 19.3. The summed E-state index contributed by atoms with van der Waals surface area (Å²) in [5.74, 6) is -0.550. The van der Waals surface area contributed by atoms with Crippen molar-refractivity contribution in [3.05, 3.63) is 81.5 Å². The molecule has 1 amide bonds. The zero-order chi connectivity index (χ0) is 24.5. The molecule has 8 heteroatoms. The van der Waals surface area contributed by atoms with Gasteiger partial charge in [-0.1, -0.05) is 24.3 Å². The van der Waals surface area contributed by atoms with Gasteiger partial charge < -0.3 is 19.5 Å². The lowest BCUT2D eigenvalue weighted by atomic mass is 9.98. The molecule has 2 aromatic carbocycles. The fraction of sp³-hybridized carbons (Fsp3) is 0.269. The van der Waals surface area contributed by atoms with Gasteiger partial charge in [-0.15, -0.1) is 11.3 Å². The van der Waals surface area contributed by atoms with Crippen molar-refractivity contribution in [3.63, 3.8) is 0 Å². The Bertz CT molecular complexity index is 1140. The van der Waals surface area contributed by atoms with Crippen LogP contribution in [0.5, 0.6) is 11.5 Å². The van der Waals surface area contributed by atoms with Crippen LogP contribution in [0.3, 0.4) is 0 Å². The molecule has 0 aliphatic carbocycles. The Labute approximate surface area is 202 Å². The van der Waals surface area contributed by atoms with Gasteiger partial charge in [0.15, 0.2) is 23.4 Å². The molecule has 34 heavy (non-hydrogen) atoms. The number of ketones is 1. The number of thiophene rings is 1. The van der Waals surface area contributed by atoms with Crippen LogP contribution in [0.4, 0.5) is 0 Å². The molecule has 0 radical (unpaired) electrons. The lowest BCUT2D eigenvalue weighted by molar-refractivity contribution is -0.129. The first kappa shape index (κ1) is 25.0. The zero-order valence-corrected chi connectivity index (χ0v) is 20.1. The molecule has 178 valence electrons. The van der Waals surface area contributed by atoms with E-state index in [-0.39, 0.29) is 16.9 Å². The van der Waals surface area contributed by atoms with Crippen LogP contribution in [-0.2, 0) is 16.1 Å². The predicted octanol–water partition coefficient (Wildman–Crippen LogP) is 4.64. The number of hydrogen-bond acceptors (Lipinski definition) is 7. The normalized spacial score (nSPS) is 11.4. The van der Waals surface area contributed by atoms with E-state index >= 15 is 0 Å². The highest BCUT2D eigenvalue weighted by molar-refractivity contribution is 7.09. The Morgan fingerprint density at radius 1 is 0.912 bits per heavy atom. The molecule has 1 aromatic heterocycles. The van der Waals surface area contributed by atoms with Gasteiger partial charge in [0.1, 0.15) is 0 Å². The lowest BCUT2D eigenvalue weighted by Gasteiger charge is -2.15. The van der Waals surface area contributed by atoms with Gasteiger partial charge in [-0.2, -0.15) is 0 Å². The average molecular weight is 482 g/mol. The Balaban J connectivity index is 1.75. The number of hydrogen-bond donors (Lipinski definition) is 1. The molecule has 1 atom stereocenters. The SMILES string of the molecule is CCOc1ccc(C(=O)c2ccccc2C(=O)OC(C)C(=O)NCc2cccs2)cc1OCC. The van der Waals surface area contributed by atoms with Crippen molar-refractivity contribution in [2.24, 2.45) is 0 Å². The van der Waals surface area contributed by atoms with Crippen LogP contribution in [-0.4, -0.2) is 37.0 Å². The molecule has 0 aliphatic rings. The van der Waals surface area contributed by atoms with Crippen molar-refractivity contribution < 1.29 is 28.6 Å². The second-order valence-electron chi connectivity index (χ2n) is 7.25. The molecule has 3 rings (SSSR count). The maximum absolute atomic E-state index is 13.3. The third-order valence-corrected chi connectivity index (χ3v) is 5.74. The van der Waals surface area contributed by atoms with Gasteiger partial charge in [-0.25, -0.2) is 4.79 Å². The first-order chi connectivity index (χ1) is 16.4. The number of carbonyl (C=O) groups is 3. The van der Waals surface area contributed by atoms with E-state index in [1.54, 1.807) is 36.4 Å². The molecule has 0 bridgehead atoms. The third-order valence-electron chi connectivity index (χ3n) is 4.87.